The predicted molar refractivity (Wildman–Crippen MR) is 61.5 cm³/mol. The maximum Gasteiger partial charge on any atom is 0.165 e. The minimum atomic E-state index is -0.939. The number of aromatic nitrogens is 4. The van der Waals surface area contributed by atoms with E-state index in [9.17, 15) is 10.2 Å². The fraction of sp³-hybridized carbons (Fsp3) is 0.500. The number of nitrogens with zero attached hydrogens (tertiary/aromatic N) is 4. The molecule has 3 heterocycles. The van der Waals surface area contributed by atoms with Crippen LogP contribution in [0.25, 0.3) is 11.2 Å². The Bertz CT molecular complexity index is 568. The van der Waals surface area contributed by atoms with E-state index in [0.717, 1.165) is 0 Å². The average molecular weight is 251 g/mol. The monoisotopic (exact) mass is 251 g/mol. The number of anilines is 1. The third-order valence-electron chi connectivity index (χ3n) is 2.95. The van der Waals surface area contributed by atoms with Gasteiger partial charge in [-0.3, -0.25) is 0 Å². The smallest absolute Gasteiger partial charge is 0.165 e. The standard InChI is InChI=1S/C10H13N5O3/c11-9-7-10(13-3-12-9)15(4-14-7)1-5(16)8(17)6-2-18-6/h3-6,8,16-17H,1-2H2,(H2,11,12,13)/t5-,6+,8-/m0/s1. The van der Waals surface area contributed by atoms with Crippen LogP contribution in [0.3, 0.4) is 0 Å². The third-order valence-corrected chi connectivity index (χ3v) is 2.95. The van der Waals surface area contributed by atoms with Gasteiger partial charge < -0.3 is 25.3 Å². The first kappa shape index (κ1) is 11.3. The summed E-state index contributed by atoms with van der Waals surface area (Å²) in [6, 6.07) is 0. The first-order valence-electron chi connectivity index (χ1n) is 5.56. The van der Waals surface area contributed by atoms with Crippen molar-refractivity contribution in [3.8, 4) is 0 Å². The van der Waals surface area contributed by atoms with E-state index in [1.54, 1.807) is 4.57 Å². The lowest BCUT2D eigenvalue weighted by Crippen LogP contribution is -2.34. The lowest BCUT2D eigenvalue weighted by Gasteiger charge is -2.16. The fourth-order valence-corrected chi connectivity index (χ4v) is 1.84. The number of fused-ring (bicyclic) bond motifs is 1. The van der Waals surface area contributed by atoms with Gasteiger partial charge in [0.25, 0.3) is 0 Å². The first-order chi connectivity index (χ1) is 8.66. The number of aliphatic hydroxyl groups is 2. The molecule has 2 aromatic rings. The van der Waals surface area contributed by atoms with Gasteiger partial charge in [0.1, 0.15) is 30.2 Å². The Labute approximate surface area is 102 Å². The number of rotatable bonds is 4. The van der Waals surface area contributed by atoms with Crippen molar-refractivity contribution in [1.29, 1.82) is 0 Å². The number of nitrogens with two attached hydrogens (primary N) is 1. The molecule has 0 aliphatic carbocycles. The van der Waals surface area contributed by atoms with E-state index < -0.39 is 12.2 Å². The molecule has 8 nitrogen and oxygen atoms in total. The van der Waals surface area contributed by atoms with Crippen LogP contribution in [0.1, 0.15) is 0 Å². The molecule has 1 saturated heterocycles. The molecular formula is C10H13N5O3. The summed E-state index contributed by atoms with van der Waals surface area (Å²) in [6.07, 6.45) is 0.740. The lowest BCUT2D eigenvalue weighted by atomic mass is 10.1. The van der Waals surface area contributed by atoms with Crippen molar-refractivity contribution >= 4 is 17.0 Å². The van der Waals surface area contributed by atoms with Crippen LogP contribution in [0, 0.1) is 0 Å². The van der Waals surface area contributed by atoms with E-state index in [1.807, 2.05) is 0 Å². The molecule has 1 aliphatic heterocycles. The summed E-state index contributed by atoms with van der Waals surface area (Å²) < 4.78 is 6.57. The van der Waals surface area contributed by atoms with E-state index in [0.29, 0.717) is 23.6 Å². The summed E-state index contributed by atoms with van der Waals surface area (Å²) >= 11 is 0. The molecule has 0 aromatic carbocycles. The maximum absolute atomic E-state index is 9.88. The highest BCUT2D eigenvalue weighted by Crippen LogP contribution is 2.19. The molecular weight excluding hydrogens is 238 g/mol. The summed E-state index contributed by atoms with van der Waals surface area (Å²) in [5, 5.41) is 19.6. The van der Waals surface area contributed by atoms with Crippen LogP contribution in [0.5, 0.6) is 0 Å². The van der Waals surface area contributed by atoms with Gasteiger partial charge in [-0.2, -0.15) is 0 Å². The molecule has 3 rings (SSSR count). The molecule has 1 aliphatic rings. The van der Waals surface area contributed by atoms with Gasteiger partial charge in [-0.15, -0.1) is 0 Å². The molecule has 96 valence electrons. The summed E-state index contributed by atoms with van der Waals surface area (Å²) in [4.78, 5) is 12.0. The SMILES string of the molecule is Nc1ncnc2c1ncn2C[C@H](O)[C@H](O)[C@H]1CO1. The Morgan fingerprint density at radius 3 is 2.94 bits per heavy atom. The number of imidazole rings is 1. The highest BCUT2D eigenvalue weighted by molar-refractivity contribution is 5.81. The molecule has 2 aromatic heterocycles. The van der Waals surface area contributed by atoms with E-state index in [2.05, 4.69) is 15.0 Å². The van der Waals surface area contributed by atoms with E-state index in [1.165, 1.54) is 12.7 Å². The van der Waals surface area contributed by atoms with Gasteiger partial charge in [-0.25, -0.2) is 15.0 Å². The van der Waals surface area contributed by atoms with Crippen molar-refractivity contribution in [3.63, 3.8) is 0 Å². The third kappa shape index (κ3) is 1.90. The summed E-state index contributed by atoms with van der Waals surface area (Å²) in [7, 11) is 0. The van der Waals surface area contributed by atoms with Gasteiger partial charge in [0.05, 0.1) is 19.5 Å². The van der Waals surface area contributed by atoms with Gasteiger partial charge in [-0.1, -0.05) is 0 Å². The van der Waals surface area contributed by atoms with E-state index in [4.69, 9.17) is 10.5 Å². The van der Waals surface area contributed by atoms with E-state index >= 15 is 0 Å². The Hall–Kier alpha value is -1.77. The number of hydrogen-bond acceptors (Lipinski definition) is 7. The van der Waals surface area contributed by atoms with Crippen molar-refractivity contribution in [2.45, 2.75) is 24.9 Å². The number of aliphatic hydroxyl groups excluding tert-OH is 2. The van der Waals surface area contributed by atoms with Crippen LogP contribution in [0.4, 0.5) is 5.82 Å². The maximum atomic E-state index is 9.88. The highest BCUT2D eigenvalue weighted by Gasteiger charge is 2.36. The Kier molecular flexibility index (Phi) is 2.62. The van der Waals surface area contributed by atoms with Gasteiger partial charge in [0.15, 0.2) is 11.5 Å². The molecule has 8 heteroatoms. The summed E-state index contributed by atoms with van der Waals surface area (Å²) in [5.74, 6) is 0.291. The molecule has 1 fully saturated rings. The zero-order valence-corrected chi connectivity index (χ0v) is 9.47. The molecule has 0 unspecified atom stereocenters. The second-order valence-electron chi connectivity index (χ2n) is 4.26. The van der Waals surface area contributed by atoms with Crippen molar-refractivity contribution in [2.24, 2.45) is 0 Å². The zero-order chi connectivity index (χ0) is 12.7. The quantitative estimate of drug-likeness (QED) is 0.567. The van der Waals surface area contributed by atoms with Crippen LogP contribution >= 0.6 is 0 Å². The number of ether oxygens (including phenoxy) is 1. The number of epoxide rings is 1. The summed E-state index contributed by atoms with van der Waals surface area (Å²) in [5.41, 5.74) is 6.68. The molecule has 3 atom stereocenters. The Balaban J connectivity index is 1.84. The van der Waals surface area contributed by atoms with Gasteiger partial charge in [-0.05, 0) is 0 Å². The van der Waals surface area contributed by atoms with Crippen LogP contribution in [-0.4, -0.2) is 54.7 Å². The topological polar surface area (TPSA) is 123 Å². The predicted octanol–water partition coefficient (Wildman–Crippen LogP) is -1.47. The van der Waals surface area contributed by atoms with Crippen LogP contribution in [-0.2, 0) is 11.3 Å². The minimum absolute atomic E-state index is 0.175. The molecule has 0 bridgehead atoms. The van der Waals surface area contributed by atoms with Crippen molar-refractivity contribution < 1.29 is 14.9 Å². The molecule has 0 radical (unpaired) electrons. The molecule has 0 spiro atoms. The molecule has 0 amide bonds. The minimum Gasteiger partial charge on any atom is -0.388 e. The summed E-state index contributed by atoms with van der Waals surface area (Å²) in [6.45, 7) is 0.659. The zero-order valence-electron chi connectivity index (χ0n) is 9.47. The highest BCUT2D eigenvalue weighted by atomic mass is 16.6. The normalized spacial score (nSPS) is 22.0. The Morgan fingerprint density at radius 2 is 2.22 bits per heavy atom. The average Bonchev–Trinajstić information content (AvgIpc) is 3.12. The van der Waals surface area contributed by atoms with Gasteiger partial charge >= 0.3 is 0 Å². The first-order valence-corrected chi connectivity index (χ1v) is 5.56. The second kappa shape index (κ2) is 4.16. The number of hydrogen-bond donors (Lipinski definition) is 3. The van der Waals surface area contributed by atoms with Gasteiger partial charge in [0.2, 0.25) is 0 Å². The van der Waals surface area contributed by atoms with Gasteiger partial charge in [0, 0.05) is 0 Å². The van der Waals surface area contributed by atoms with Crippen molar-refractivity contribution in [2.75, 3.05) is 12.3 Å². The van der Waals surface area contributed by atoms with Crippen LogP contribution < -0.4 is 5.73 Å². The number of nitrogen functional groups attached to an aromatic ring is 1. The second-order valence-corrected chi connectivity index (χ2v) is 4.26. The molecule has 18 heavy (non-hydrogen) atoms. The fourth-order valence-electron chi connectivity index (χ4n) is 1.84. The molecule has 0 saturated carbocycles. The van der Waals surface area contributed by atoms with Crippen LogP contribution in [0.15, 0.2) is 12.7 Å². The lowest BCUT2D eigenvalue weighted by molar-refractivity contribution is -0.00548. The largest absolute Gasteiger partial charge is 0.388 e. The molecule has 4 N–H and O–H groups in total. The van der Waals surface area contributed by atoms with Crippen LogP contribution in [0.2, 0.25) is 0 Å². The van der Waals surface area contributed by atoms with Crippen molar-refractivity contribution in [1.82, 2.24) is 19.5 Å². The van der Waals surface area contributed by atoms with E-state index in [-0.39, 0.29) is 12.6 Å². The van der Waals surface area contributed by atoms with Crippen molar-refractivity contribution in [3.05, 3.63) is 12.7 Å². The Morgan fingerprint density at radius 1 is 1.44 bits per heavy atom.